The summed E-state index contributed by atoms with van der Waals surface area (Å²) in [5.41, 5.74) is 7.44. The highest BCUT2D eigenvalue weighted by Gasteiger charge is 2.28. The minimum atomic E-state index is -2.80. The molecule has 1 aliphatic heterocycles. The minimum Gasteiger partial charge on any atom is -0.496 e. The fraction of sp³-hybridized carbons (Fsp3) is 0.280. The maximum Gasteiger partial charge on any atom is 0.333 e. The summed E-state index contributed by atoms with van der Waals surface area (Å²) >= 11 is 0. The Bertz CT molecular complexity index is 1430. The summed E-state index contributed by atoms with van der Waals surface area (Å²) in [6, 6.07) is 7.08. The molecule has 5 rings (SSSR count). The zero-order chi connectivity index (χ0) is 26.8. The highest BCUT2D eigenvalue weighted by Crippen LogP contribution is 2.35. The van der Waals surface area contributed by atoms with Gasteiger partial charge < -0.3 is 20.7 Å². The van der Waals surface area contributed by atoms with Crippen molar-refractivity contribution in [3.63, 3.8) is 0 Å². The lowest BCUT2D eigenvalue weighted by atomic mass is 10.0. The van der Waals surface area contributed by atoms with E-state index >= 15 is 0 Å². The number of hydrogen-bond donors (Lipinski definition) is 2. The van der Waals surface area contributed by atoms with Gasteiger partial charge >= 0.3 is 6.55 Å². The molecule has 13 heteroatoms. The minimum absolute atomic E-state index is 0.0331. The maximum atomic E-state index is 14.6. The Labute approximate surface area is 215 Å². The number of nitrogens with zero attached hydrogens (tertiary/aromatic N) is 6. The Morgan fingerprint density at radius 2 is 2.00 bits per heavy atom. The standard InChI is InChI=1S/C25H24F4N8O/c1-38-20-4-2-3-16(26)23(20)24-31-7-5-21(35-24)34-22-9-19(36-8-6-18(30)17(27)13-36)15(11-32-22)14-10-33-37(12-14)25(28)29/h2-5,7,9-12,17-18,25H,6,8,13,30H2,1H3,(H,31,32,34,35)/t17-,18-/m0/s1. The normalized spacial score (nSPS) is 17.6. The molecule has 0 aliphatic carbocycles. The van der Waals surface area contributed by atoms with E-state index in [1.54, 1.807) is 23.1 Å². The van der Waals surface area contributed by atoms with Crippen LogP contribution in [0.5, 0.6) is 5.75 Å². The number of piperidine rings is 1. The summed E-state index contributed by atoms with van der Waals surface area (Å²) in [5.74, 6) is 0.507. The van der Waals surface area contributed by atoms with Crippen molar-refractivity contribution >= 4 is 17.3 Å². The van der Waals surface area contributed by atoms with Crippen LogP contribution in [0.3, 0.4) is 0 Å². The van der Waals surface area contributed by atoms with Gasteiger partial charge in [-0.3, -0.25) is 0 Å². The Balaban J connectivity index is 1.50. The molecule has 1 fully saturated rings. The molecule has 0 amide bonds. The topological polar surface area (TPSA) is 107 Å². The molecule has 1 aromatic carbocycles. The van der Waals surface area contributed by atoms with Crippen LogP contribution in [0, 0.1) is 5.82 Å². The number of methoxy groups -OCH3 is 1. The van der Waals surface area contributed by atoms with Crippen molar-refractivity contribution in [1.82, 2.24) is 24.7 Å². The van der Waals surface area contributed by atoms with E-state index < -0.39 is 24.6 Å². The lowest BCUT2D eigenvalue weighted by Crippen LogP contribution is -2.48. The van der Waals surface area contributed by atoms with E-state index in [2.05, 4.69) is 25.4 Å². The third-order valence-corrected chi connectivity index (χ3v) is 6.26. The average Bonchev–Trinajstić information content (AvgIpc) is 3.41. The van der Waals surface area contributed by atoms with Gasteiger partial charge in [-0.2, -0.15) is 13.9 Å². The van der Waals surface area contributed by atoms with Crippen LogP contribution < -0.4 is 20.7 Å². The molecule has 0 spiro atoms. The predicted octanol–water partition coefficient (Wildman–Crippen LogP) is 4.56. The number of halogens is 4. The van der Waals surface area contributed by atoms with Gasteiger partial charge in [-0.05, 0) is 24.6 Å². The second-order valence-electron chi connectivity index (χ2n) is 8.70. The van der Waals surface area contributed by atoms with E-state index in [1.807, 2.05) is 0 Å². The van der Waals surface area contributed by atoms with Gasteiger partial charge in [0.25, 0.3) is 0 Å². The Morgan fingerprint density at radius 3 is 2.74 bits per heavy atom. The summed E-state index contributed by atoms with van der Waals surface area (Å²) in [6.45, 7) is -2.30. The van der Waals surface area contributed by atoms with Gasteiger partial charge in [0.1, 0.15) is 29.4 Å². The molecule has 3 aromatic heterocycles. The fourth-order valence-corrected chi connectivity index (χ4v) is 4.29. The number of aromatic nitrogens is 5. The van der Waals surface area contributed by atoms with Gasteiger partial charge in [0.15, 0.2) is 5.82 Å². The van der Waals surface area contributed by atoms with E-state index in [-0.39, 0.29) is 23.7 Å². The van der Waals surface area contributed by atoms with Crippen molar-refractivity contribution in [2.45, 2.75) is 25.2 Å². The number of pyridine rings is 1. The lowest BCUT2D eigenvalue weighted by Gasteiger charge is -2.35. The molecule has 198 valence electrons. The van der Waals surface area contributed by atoms with Crippen molar-refractivity contribution < 1.29 is 22.3 Å². The highest BCUT2D eigenvalue weighted by atomic mass is 19.3. The molecule has 1 saturated heterocycles. The number of nitrogens with one attached hydrogen (secondary N) is 1. The zero-order valence-corrected chi connectivity index (χ0v) is 20.2. The van der Waals surface area contributed by atoms with Crippen LogP contribution >= 0.6 is 0 Å². The Hall–Kier alpha value is -4.26. The lowest BCUT2D eigenvalue weighted by molar-refractivity contribution is 0.0566. The molecule has 0 radical (unpaired) electrons. The molecule has 4 heterocycles. The molecule has 9 nitrogen and oxygen atoms in total. The van der Waals surface area contributed by atoms with E-state index in [1.165, 1.54) is 44.0 Å². The maximum absolute atomic E-state index is 14.6. The first kappa shape index (κ1) is 25.4. The second-order valence-corrected chi connectivity index (χ2v) is 8.70. The number of ether oxygens (including phenoxy) is 1. The Kier molecular flexibility index (Phi) is 7.09. The van der Waals surface area contributed by atoms with E-state index in [9.17, 15) is 17.6 Å². The van der Waals surface area contributed by atoms with Gasteiger partial charge in [-0.15, -0.1) is 0 Å². The van der Waals surface area contributed by atoms with E-state index in [0.29, 0.717) is 46.1 Å². The van der Waals surface area contributed by atoms with Crippen LogP contribution in [0.1, 0.15) is 13.0 Å². The summed E-state index contributed by atoms with van der Waals surface area (Å²) < 4.78 is 61.2. The van der Waals surface area contributed by atoms with E-state index in [4.69, 9.17) is 10.5 Å². The molecule has 1 aliphatic rings. The quantitative estimate of drug-likeness (QED) is 0.336. The first-order valence-electron chi connectivity index (χ1n) is 11.7. The summed E-state index contributed by atoms with van der Waals surface area (Å²) in [6.07, 6.45) is 4.63. The SMILES string of the molecule is COc1cccc(F)c1-c1nccc(Nc2cc(N3CC[C@H](N)[C@@H](F)C3)c(-c3cnn(C(F)F)c3)cn2)n1. The summed E-state index contributed by atoms with van der Waals surface area (Å²) in [4.78, 5) is 14.8. The molecule has 0 unspecified atom stereocenters. The average molecular weight is 529 g/mol. The number of alkyl halides is 3. The van der Waals surface area contributed by atoms with Crippen molar-refractivity contribution in [1.29, 1.82) is 0 Å². The molecule has 0 bridgehead atoms. The van der Waals surface area contributed by atoms with Crippen LogP contribution in [0.4, 0.5) is 34.9 Å². The number of nitrogens with two attached hydrogens (primary N) is 1. The first-order chi connectivity index (χ1) is 18.3. The number of benzene rings is 1. The van der Waals surface area contributed by atoms with Crippen molar-refractivity contribution in [3.05, 3.63) is 60.9 Å². The molecule has 2 atom stereocenters. The molecule has 3 N–H and O–H groups in total. The van der Waals surface area contributed by atoms with Gasteiger partial charge in [-0.1, -0.05) is 6.07 Å². The Morgan fingerprint density at radius 1 is 1.16 bits per heavy atom. The zero-order valence-electron chi connectivity index (χ0n) is 20.2. The third kappa shape index (κ3) is 5.09. The van der Waals surface area contributed by atoms with Crippen LogP contribution in [-0.2, 0) is 0 Å². The smallest absolute Gasteiger partial charge is 0.333 e. The predicted molar refractivity (Wildman–Crippen MR) is 134 cm³/mol. The molecule has 4 aromatic rings. The third-order valence-electron chi connectivity index (χ3n) is 6.26. The number of rotatable bonds is 7. The van der Waals surface area contributed by atoms with Crippen LogP contribution in [0.2, 0.25) is 0 Å². The second kappa shape index (κ2) is 10.6. The molecule has 0 saturated carbocycles. The van der Waals surface area contributed by atoms with Crippen molar-refractivity contribution in [2.24, 2.45) is 5.73 Å². The summed E-state index contributed by atoms with van der Waals surface area (Å²) in [7, 11) is 1.42. The van der Waals surface area contributed by atoms with Gasteiger partial charge in [0, 0.05) is 48.4 Å². The first-order valence-corrected chi connectivity index (χ1v) is 11.7. The van der Waals surface area contributed by atoms with Gasteiger partial charge in [-0.25, -0.2) is 28.4 Å². The highest BCUT2D eigenvalue weighted by molar-refractivity contribution is 5.80. The molecule has 38 heavy (non-hydrogen) atoms. The van der Waals surface area contributed by atoms with Crippen molar-refractivity contribution in [3.8, 4) is 28.3 Å². The molecular formula is C25H24F4N8O. The summed E-state index contributed by atoms with van der Waals surface area (Å²) in [5, 5.41) is 6.77. The van der Waals surface area contributed by atoms with Crippen LogP contribution in [-0.4, -0.2) is 57.1 Å². The van der Waals surface area contributed by atoms with Gasteiger partial charge in [0.05, 0.1) is 31.1 Å². The number of hydrogen-bond acceptors (Lipinski definition) is 8. The van der Waals surface area contributed by atoms with Crippen molar-refractivity contribution in [2.75, 3.05) is 30.4 Å². The monoisotopic (exact) mass is 528 g/mol. The van der Waals surface area contributed by atoms with Crippen LogP contribution in [0.25, 0.3) is 22.5 Å². The van der Waals surface area contributed by atoms with Gasteiger partial charge in [0.2, 0.25) is 0 Å². The largest absolute Gasteiger partial charge is 0.496 e. The molecular weight excluding hydrogens is 504 g/mol. The number of anilines is 3. The van der Waals surface area contributed by atoms with Crippen LogP contribution in [0.15, 0.2) is 55.1 Å². The van der Waals surface area contributed by atoms with E-state index in [0.717, 1.165) is 0 Å². The fourth-order valence-electron chi connectivity index (χ4n) is 4.29.